The zero-order valence-corrected chi connectivity index (χ0v) is 24.3. The van der Waals surface area contributed by atoms with E-state index in [1.165, 1.54) is 11.3 Å². The van der Waals surface area contributed by atoms with Crippen molar-refractivity contribution in [3.63, 3.8) is 0 Å². The highest BCUT2D eigenvalue weighted by Gasteiger charge is 2.33. The minimum atomic E-state index is -0.528. The number of ether oxygens (including phenoxy) is 1. The van der Waals surface area contributed by atoms with Crippen molar-refractivity contribution in [2.45, 2.75) is 13.0 Å². The molecule has 2 aliphatic rings. The molecule has 2 fully saturated rings. The van der Waals surface area contributed by atoms with Crippen molar-refractivity contribution < 1.29 is 13.9 Å². The molecule has 5 aromatic rings. The molecule has 0 spiro atoms. The first kappa shape index (κ1) is 26.8. The minimum absolute atomic E-state index is 0.00784. The second kappa shape index (κ2) is 10.6. The summed E-state index contributed by atoms with van der Waals surface area (Å²) >= 11 is 8.14. The predicted octanol–water partition coefficient (Wildman–Crippen LogP) is 4.13. The molecule has 0 radical (unpaired) electrons. The van der Waals surface area contributed by atoms with Crippen LogP contribution in [0.5, 0.6) is 0 Å². The molecule has 2 aromatic carbocycles. The highest BCUT2D eigenvalue weighted by molar-refractivity contribution is 7.22. The molecule has 0 atom stereocenters. The van der Waals surface area contributed by atoms with Crippen molar-refractivity contribution >= 4 is 66.9 Å². The zero-order valence-electron chi connectivity index (χ0n) is 22.7. The maximum absolute atomic E-state index is 16.6. The average molecular weight is 608 g/mol. The van der Waals surface area contributed by atoms with Crippen LogP contribution in [0.15, 0.2) is 36.5 Å². The van der Waals surface area contributed by atoms with E-state index in [-0.39, 0.29) is 34.4 Å². The lowest BCUT2D eigenvalue weighted by molar-refractivity contribution is 0.0518. The summed E-state index contributed by atoms with van der Waals surface area (Å²) in [5.41, 5.74) is 7.84. The smallest absolute Gasteiger partial charge is 0.358 e. The molecule has 3 N–H and O–H groups in total. The number of halogens is 2. The van der Waals surface area contributed by atoms with Gasteiger partial charge in [-0.3, -0.25) is 4.68 Å². The maximum atomic E-state index is 16.6. The summed E-state index contributed by atoms with van der Waals surface area (Å²) in [5, 5.41) is 8.95. The van der Waals surface area contributed by atoms with Crippen molar-refractivity contribution in [3.8, 4) is 11.1 Å². The van der Waals surface area contributed by atoms with Gasteiger partial charge >= 0.3 is 5.97 Å². The number of hydrogen-bond donors (Lipinski definition) is 2. The first-order valence-corrected chi connectivity index (χ1v) is 14.9. The van der Waals surface area contributed by atoms with Crippen molar-refractivity contribution in [2.24, 2.45) is 0 Å². The van der Waals surface area contributed by atoms with Gasteiger partial charge in [0, 0.05) is 62.0 Å². The Morgan fingerprint density at radius 1 is 1.17 bits per heavy atom. The fraction of sp³-hybridized carbons (Fsp3) is 0.321. The standard InChI is InChI=1S/C28H27ClFN9O2S/c1-2-41-26(40)19-6-9-39(36-19)15-13-38(14-15)28-34-24-17(25(35-28)37-10-7-32-8-11-37)12-18(29)21(22(24)30)16-4-3-5-20-23(16)33-27(31)42-20/h3-6,9,12,15,32H,2,7-8,10-11,13-14H2,1H3,(H2,31,33). The number of nitrogens with two attached hydrogens (primary N) is 1. The average Bonchev–Trinajstić information content (AvgIpc) is 3.60. The molecule has 7 rings (SSSR count). The quantitative estimate of drug-likeness (QED) is 0.272. The number of thiazole rings is 1. The normalized spacial score (nSPS) is 15.9. The number of para-hydroxylation sites is 1. The van der Waals surface area contributed by atoms with Gasteiger partial charge < -0.3 is 25.6 Å². The van der Waals surface area contributed by atoms with Crippen molar-refractivity contribution in [1.29, 1.82) is 0 Å². The molecule has 14 heteroatoms. The number of esters is 1. The van der Waals surface area contributed by atoms with Crippen LogP contribution in [0.4, 0.5) is 21.3 Å². The number of carbonyl (C=O) groups is 1. The van der Waals surface area contributed by atoms with Gasteiger partial charge in [-0.15, -0.1) is 0 Å². The van der Waals surface area contributed by atoms with Gasteiger partial charge in [0.25, 0.3) is 0 Å². The number of benzene rings is 2. The van der Waals surface area contributed by atoms with E-state index >= 15 is 4.39 Å². The first-order chi connectivity index (χ1) is 20.4. The summed E-state index contributed by atoms with van der Waals surface area (Å²) in [5.74, 6) is 0.0900. The van der Waals surface area contributed by atoms with Crippen molar-refractivity contribution in [1.82, 2.24) is 30.0 Å². The first-order valence-electron chi connectivity index (χ1n) is 13.7. The Morgan fingerprint density at radius 2 is 1.98 bits per heavy atom. The number of aromatic nitrogens is 5. The number of nitrogens with one attached hydrogen (secondary N) is 1. The number of rotatable bonds is 6. The van der Waals surface area contributed by atoms with E-state index < -0.39 is 11.8 Å². The maximum Gasteiger partial charge on any atom is 0.358 e. The number of hydrogen-bond acceptors (Lipinski definition) is 11. The van der Waals surface area contributed by atoms with Crippen molar-refractivity contribution in [3.05, 3.63) is 53.1 Å². The number of fused-ring (bicyclic) bond motifs is 2. The Morgan fingerprint density at radius 3 is 2.76 bits per heavy atom. The summed E-state index contributed by atoms with van der Waals surface area (Å²) in [4.78, 5) is 30.3. The third-order valence-corrected chi connectivity index (χ3v) is 8.73. The van der Waals surface area contributed by atoms with Gasteiger partial charge in [-0.2, -0.15) is 10.1 Å². The number of piperazine rings is 1. The van der Waals surface area contributed by atoms with Gasteiger partial charge in [-0.25, -0.2) is 19.2 Å². The predicted molar refractivity (Wildman–Crippen MR) is 162 cm³/mol. The third-order valence-electron chi connectivity index (χ3n) is 7.58. The molecule has 0 bridgehead atoms. The van der Waals surface area contributed by atoms with E-state index in [0.717, 1.165) is 30.9 Å². The number of nitrogens with zero attached hydrogens (tertiary/aromatic N) is 7. The Labute approximate surface area is 249 Å². The number of anilines is 3. The summed E-state index contributed by atoms with van der Waals surface area (Å²) in [6.07, 6.45) is 1.77. The molecule has 5 heterocycles. The summed E-state index contributed by atoms with van der Waals surface area (Å²) in [6, 6.07) is 8.95. The van der Waals surface area contributed by atoms with E-state index in [0.29, 0.717) is 46.5 Å². The van der Waals surface area contributed by atoms with E-state index in [2.05, 4.69) is 20.3 Å². The van der Waals surface area contributed by atoms with Crippen LogP contribution in [0, 0.1) is 5.82 Å². The molecule has 3 aromatic heterocycles. The van der Waals surface area contributed by atoms with E-state index in [1.807, 2.05) is 17.0 Å². The molecule has 11 nitrogen and oxygen atoms in total. The van der Waals surface area contributed by atoms with Crippen LogP contribution in [0.1, 0.15) is 23.5 Å². The highest BCUT2D eigenvalue weighted by atomic mass is 35.5. The molecular formula is C28H27ClFN9O2S. The van der Waals surface area contributed by atoms with Crippen LogP contribution >= 0.6 is 22.9 Å². The largest absolute Gasteiger partial charge is 0.461 e. The van der Waals surface area contributed by atoms with Crippen LogP contribution in [-0.2, 0) is 4.74 Å². The Bertz CT molecular complexity index is 1830. The second-order valence-electron chi connectivity index (χ2n) is 10.2. The number of nitrogen functional groups attached to an aromatic ring is 1. The molecule has 216 valence electrons. The summed E-state index contributed by atoms with van der Waals surface area (Å²) < 4.78 is 24.3. The van der Waals surface area contributed by atoms with Crippen LogP contribution in [0.2, 0.25) is 5.02 Å². The zero-order chi connectivity index (χ0) is 29.0. The molecule has 0 aliphatic carbocycles. The van der Waals surface area contributed by atoms with Crippen LogP contribution in [-0.4, -0.2) is 76.6 Å². The fourth-order valence-electron chi connectivity index (χ4n) is 5.48. The van der Waals surface area contributed by atoms with Gasteiger partial charge in [0.1, 0.15) is 11.3 Å². The fourth-order valence-corrected chi connectivity index (χ4v) is 6.54. The van der Waals surface area contributed by atoms with Crippen LogP contribution < -0.4 is 20.9 Å². The second-order valence-corrected chi connectivity index (χ2v) is 11.7. The van der Waals surface area contributed by atoms with E-state index in [9.17, 15) is 4.79 Å². The topological polar surface area (TPSA) is 127 Å². The van der Waals surface area contributed by atoms with Gasteiger partial charge in [-0.1, -0.05) is 35.1 Å². The van der Waals surface area contributed by atoms with Gasteiger partial charge in [0.15, 0.2) is 16.6 Å². The Kier molecular flexibility index (Phi) is 6.79. The molecule has 0 saturated carbocycles. The molecule has 0 amide bonds. The molecule has 42 heavy (non-hydrogen) atoms. The number of carbonyl (C=O) groups excluding carboxylic acids is 1. The lowest BCUT2D eigenvalue weighted by Gasteiger charge is -2.40. The highest BCUT2D eigenvalue weighted by Crippen LogP contribution is 2.42. The van der Waals surface area contributed by atoms with Crippen LogP contribution in [0.25, 0.3) is 32.2 Å². The van der Waals surface area contributed by atoms with Gasteiger partial charge in [-0.05, 0) is 25.1 Å². The molecule has 2 aliphatic heterocycles. The van der Waals surface area contributed by atoms with Crippen LogP contribution in [0.3, 0.4) is 0 Å². The Hall–Kier alpha value is -4.07. The lowest BCUT2D eigenvalue weighted by Crippen LogP contribution is -2.49. The lowest BCUT2D eigenvalue weighted by atomic mass is 10.0. The van der Waals surface area contributed by atoms with Crippen molar-refractivity contribution in [2.75, 3.05) is 61.4 Å². The van der Waals surface area contributed by atoms with E-state index in [4.69, 9.17) is 32.0 Å². The minimum Gasteiger partial charge on any atom is -0.461 e. The van der Waals surface area contributed by atoms with Gasteiger partial charge in [0.2, 0.25) is 5.95 Å². The summed E-state index contributed by atoms with van der Waals surface area (Å²) in [7, 11) is 0. The van der Waals surface area contributed by atoms with E-state index in [1.54, 1.807) is 36.0 Å². The Balaban J connectivity index is 1.29. The molecular weight excluding hydrogens is 581 g/mol. The third kappa shape index (κ3) is 4.57. The summed E-state index contributed by atoms with van der Waals surface area (Å²) in [6.45, 7) is 6.16. The SMILES string of the molecule is CCOC(=O)c1ccn(C2CN(c3nc(N4CCNCC4)c4cc(Cl)c(-c5cccc6sc(N)nc56)c(F)c4n3)C2)n1. The molecule has 2 saturated heterocycles. The van der Waals surface area contributed by atoms with Gasteiger partial charge in [0.05, 0.1) is 27.9 Å². The molecule has 0 unspecified atom stereocenters. The monoisotopic (exact) mass is 607 g/mol.